The van der Waals surface area contributed by atoms with E-state index in [9.17, 15) is 8.42 Å². The van der Waals surface area contributed by atoms with Crippen molar-refractivity contribution in [3.8, 4) is 0 Å². The summed E-state index contributed by atoms with van der Waals surface area (Å²) in [4.78, 5) is 0. The maximum atomic E-state index is 10.9. The first-order valence-corrected chi connectivity index (χ1v) is 11.9. The molecule has 0 aliphatic heterocycles. The molecule has 2 saturated carbocycles. The molecule has 4 heteroatoms. The minimum Gasteiger partial charge on any atom is -0.229 e. The van der Waals surface area contributed by atoms with Gasteiger partial charge in [-0.15, -0.1) is 0 Å². The highest BCUT2D eigenvalue weighted by atomic mass is 79.9. The van der Waals surface area contributed by atoms with Crippen LogP contribution in [-0.2, 0) is 9.84 Å². The van der Waals surface area contributed by atoms with Crippen LogP contribution in [0, 0.1) is 11.8 Å². The summed E-state index contributed by atoms with van der Waals surface area (Å²) in [7, 11) is -2.72. The third-order valence-electron chi connectivity index (χ3n) is 4.86. The molecule has 126 valence electrons. The van der Waals surface area contributed by atoms with Crippen LogP contribution in [-0.4, -0.2) is 25.8 Å². The molecular formula is C17H33BrO2S. The summed E-state index contributed by atoms with van der Waals surface area (Å²) in [6.07, 6.45) is 17.5. The van der Waals surface area contributed by atoms with Crippen LogP contribution >= 0.6 is 15.9 Å². The van der Waals surface area contributed by atoms with Crippen LogP contribution in [0.4, 0.5) is 0 Å². The van der Waals surface area contributed by atoms with Crippen molar-refractivity contribution in [2.45, 2.75) is 77.0 Å². The van der Waals surface area contributed by atoms with Gasteiger partial charge in [-0.25, -0.2) is 8.42 Å². The minimum absolute atomic E-state index is 0.387. The topological polar surface area (TPSA) is 34.1 Å². The number of sulfone groups is 1. The average molecular weight is 381 g/mol. The lowest BCUT2D eigenvalue weighted by molar-refractivity contribution is 0.350. The fourth-order valence-electron chi connectivity index (χ4n) is 3.49. The maximum absolute atomic E-state index is 10.9. The van der Waals surface area contributed by atoms with Gasteiger partial charge in [-0.3, -0.25) is 0 Å². The Bertz CT molecular complexity index is 339. The zero-order valence-electron chi connectivity index (χ0n) is 13.7. The highest BCUT2D eigenvalue weighted by Gasteiger charge is 2.15. The zero-order chi connectivity index (χ0) is 15.6. The molecule has 0 radical (unpaired) electrons. The van der Waals surface area contributed by atoms with Gasteiger partial charge in [-0.05, 0) is 24.7 Å². The van der Waals surface area contributed by atoms with E-state index < -0.39 is 9.84 Å². The van der Waals surface area contributed by atoms with Gasteiger partial charge >= 0.3 is 0 Å². The number of rotatable bonds is 5. The lowest BCUT2D eigenvalue weighted by Gasteiger charge is -2.20. The molecule has 2 aliphatic carbocycles. The molecule has 0 bridgehead atoms. The fourth-order valence-corrected chi connectivity index (χ4v) is 4.90. The van der Waals surface area contributed by atoms with Gasteiger partial charge in [0.25, 0.3) is 0 Å². The van der Waals surface area contributed by atoms with Crippen molar-refractivity contribution in [2.75, 3.05) is 17.3 Å². The first-order valence-electron chi connectivity index (χ1n) is 8.75. The van der Waals surface area contributed by atoms with Crippen LogP contribution in [0.15, 0.2) is 0 Å². The van der Waals surface area contributed by atoms with Crippen LogP contribution in [0.5, 0.6) is 0 Å². The quantitative estimate of drug-likeness (QED) is 0.602. The van der Waals surface area contributed by atoms with Crippen LogP contribution in [0.25, 0.3) is 0 Å². The van der Waals surface area contributed by atoms with Gasteiger partial charge < -0.3 is 0 Å². The second kappa shape index (κ2) is 11.0. The molecule has 2 nitrogen and oxygen atoms in total. The van der Waals surface area contributed by atoms with Crippen molar-refractivity contribution in [3.63, 3.8) is 0 Å². The molecule has 0 amide bonds. The van der Waals surface area contributed by atoms with Crippen LogP contribution in [0.1, 0.15) is 77.0 Å². The maximum Gasteiger partial charge on any atom is 0.147 e. The molecule has 0 aromatic carbocycles. The van der Waals surface area contributed by atoms with Gasteiger partial charge in [0.05, 0.1) is 5.75 Å². The molecule has 0 aromatic rings. The smallest absolute Gasteiger partial charge is 0.147 e. The molecule has 0 saturated heterocycles. The summed E-state index contributed by atoms with van der Waals surface area (Å²) in [5, 5.41) is 1.21. The first kappa shape index (κ1) is 19.5. The number of halogens is 1. The SMILES string of the molecule is BrCCC1CCCCC1.CS(=O)(=O)CCC1CCCCC1. The van der Waals surface area contributed by atoms with Gasteiger partial charge in [0, 0.05) is 11.6 Å². The van der Waals surface area contributed by atoms with E-state index in [1.807, 2.05) is 0 Å². The third-order valence-corrected chi connectivity index (χ3v) is 6.30. The van der Waals surface area contributed by atoms with Crippen molar-refractivity contribution in [1.29, 1.82) is 0 Å². The van der Waals surface area contributed by atoms with Gasteiger partial charge in [0.15, 0.2) is 0 Å². The Morgan fingerprint density at radius 3 is 1.62 bits per heavy atom. The Morgan fingerprint density at radius 2 is 1.24 bits per heavy atom. The predicted molar refractivity (Wildman–Crippen MR) is 95.9 cm³/mol. The van der Waals surface area contributed by atoms with Gasteiger partial charge in [0.2, 0.25) is 0 Å². The summed E-state index contributed by atoms with van der Waals surface area (Å²) in [5.74, 6) is 2.13. The predicted octanol–water partition coefficient (Wildman–Crippen LogP) is 5.35. The Morgan fingerprint density at radius 1 is 0.810 bits per heavy atom. The van der Waals surface area contributed by atoms with Gasteiger partial charge in [-0.1, -0.05) is 80.1 Å². The second-order valence-corrected chi connectivity index (χ2v) is 9.96. The lowest BCUT2D eigenvalue weighted by atomic mass is 9.88. The fraction of sp³-hybridized carbons (Fsp3) is 1.00. The molecule has 0 aromatic heterocycles. The Balaban J connectivity index is 0.000000219. The molecule has 2 fully saturated rings. The van der Waals surface area contributed by atoms with Gasteiger partial charge in [-0.2, -0.15) is 0 Å². The summed E-state index contributed by atoms with van der Waals surface area (Å²) < 4.78 is 21.7. The van der Waals surface area contributed by atoms with E-state index in [2.05, 4.69) is 15.9 Å². The average Bonchev–Trinajstić information content (AvgIpc) is 2.48. The molecule has 0 heterocycles. The molecule has 0 unspecified atom stereocenters. The van der Waals surface area contributed by atoms with Crippen LogP contribution in [0.3, 0.4) is 0 Å². The van der Waals surface area contributed by atoms with E-state index in [0.29, 0.717) is 11.7 Å². The van der Waals surface area contributed by atoms with E-state index in [0.717, 1.165) is 12.3 Å². The monoisotopic (exact) mass is 380 g/mol. The van der Waals surface area contributed by atoms with Crippen LogP contribution in [0.2, 0.25) is 0 Å². The van der Waals surface area contributed by atoms with Crippen molar-refractivity contribution in [3.05, 3.63) is 0 Å². The van der Waals surface area contributed by atoms with E-state index >= 15 is 0 Å². The summed E-state index contributed by atoms with van der Waals surface area (Å²) in [6, 6.07) is 0. The summed E-state index contributed by atoms with van der Waals surface area (Å²) in [6.45, 7) is 0. The van der Waals surface area contributed by atoms with Crippen molar-refractivity contribution >= 4 is 25.8 Å². The number of hydrogen-bond donors (Lipinski definition) is 0. The molecule has 0 spiro atoms. The minimum atomic E-state index is -2.72. The van der Waals surface area contributed by atoms with E-state index in [1.54, 1.807) is 0 Å². The third kappa shape index (κ3) is 10.7. The summed E-state index contributed by atoms with van der Waals surface area (Å²) >= 11 is 3.48. The largest absolute Gasteiger partial charge is 0.229 e. The standard InChI is InChI=1S/C9H18O2S.C8H15Br/c1-12(10,11)8-7-9-5-3-2-4-6-9;9-7-6-8-4-2-1-3-5-8/h9H,2-8H2,1H3;8H,1-7H2. The van der Waals surface area contributed by atoms with Gasteiger partial charge in [0.1, 0.15) is 9.84 Å². The zero-order valence-corrected chi connectivity index (χ0v) is 16.1. The van der Waals surface area contributed by atoms with Crippen LogP contribution < -0.4 is 0 Å². The van der Waals surface area contributed by atoms with Crippen molar-refractivity contribution < 1.29 is 8.42 Å². The Kier molecular flexibility index (Phi) is 10.2. The lowest BCUT2D eigenvalue weighted by Crippen LogP contribution is -2.12. The molecule has 0 atom stereocenters. The normalized spacial score (nSPS) is 21.6. The second-order valence-electron chi connectivity index (χ2n) is 6.90. The molecule has 2 rings (SSSR count). The Labute approximate surface area is 140 Å². The van der Waals surface area contributed by atoms with E-state index in [1.165, 1.54) is 82.2 Å². The van der Waals surface area contributed by atoms with Crippen molar-refractivity contribution in [1.82, 2.24) is 0 Å². The summed E-state index contributed by atoms with van der Waals surface area (Å²) in [5.41, 5.74) is 0. The van der Waals surface area contributed by atoms with Crippen molar-refractivity contribution in [2.24, 2.45) is 11.8 Å². The molecular weight excluding hydrogens is 348 g/mol. The molecule has 0 N–H and O–H groups in total. The van der Waals surface area contributed by atoms with E-state index in [-0.39, 0.29) is 0 Å². The molecule has 2 aliphatic rings. The number of hydrogen-bond acceptors (Lipinski definition) is 2. The highest BCUT2D eigenvalue weighted by Crippen LogP contribution is 2.27. The first-order chi connectivity index (χ1) is 10.0. The highest BCUT2D eigenvalue weighted by molar-refractivity contribution is 9.09. The Hall–Kier alpha value is 0.430. The van der Waals surface area contributed by atoms with E-state index in [4.69, 9.17) is 0 Å². The number of alkyl halides is 1. The molecule has 21 heavy (non-hydrogen) atoms.